The van der Waals surface area contributed by atoms with Gasteiger partial charge in [0.1, 0.15) is 18.6 Å². The van der Waals surface area contributed by atoms with Crippen molar-refractivity contribution in [1.29, 1.82) is 0 Å². The molecule has 0 amide bonds. The molecule has 1 heterocycles. The van der Waals surface area contributed by atoms with Crippen molar-refractivity contribution in [3.8, 4) is 5.75 Å². The zero-order chi connectivity index (χ0) is 12.3. The number of ether oxygens (including phenoxy) is 1. The van der Waals surface area contributed by atoms with Gasteiger partial charge in [-0.15, -0.1) is 0 Å². The van der Waals surface area contributed by atoms with Gasteiger partial charge in [0.2, 0.25) is 0 Å². The van der Waals surface area contributed by atoms with E-state index < -0.39 is 0 Å². The topological polar surface area (TPSA) is 44.1 Å². The number of benzene rings is 1. The molecule has 0 N–H and O–H groups in total. The van der Waals surface area contributed by atoms with Gasteiger partial charge in [-0.1, -0.05) is 12.1 Å². The highest BCUT2D eigenvalue weighted by Gasteiger charge is 2.03. The highest BCUT2D eigenvalue weighted by molar-refractivity contribution is 5.75. The van der Waals surface area contributed by atoms with Crippen molar-refractivity contribution < 1.29 is 9.53 Å². The first kappa shape index (κ1) is 11.4. The number of aryl methyl sites for hydroxylation is 2. The highest BCUT2D eigenvalue weighted by Crippen LogP contribution is 2.14. The molecule has 4 nitrogen and oxygen atoms in total. The van der Waals surface area contributed by atoms with Crippen LogP contribution in [0.3, 0.4) is 0 Å². The summed E-state index contributed by atoms with van der Waals surface area (Å²) in [7, 11) is 1.88. The van der Waals surface area contributed by atoms with Gasteiger partial charge in [-0.3, -0.25) is 9.48 Å². The third-order valence-electron chi connectivity index (χ3n) is 2.48. The molecule has 0 aliphatic heterocycles. The van der Waals surface area contributed by atoms with Gasteiger partial charge in [0.05, 0.1) is 11.4 Å². The molecule has 0 fully saturated rings. The number of carbonyl (C=O) groups excluding carboxylic acids is 1. The SMILES string of the molecule is Cc1cc(COc2cccc(C=O)c2)n(C)n1. The Morgan fingerprint density at radius 3 is 2.88 bits per heavy atom. The van der Waals surface area contributed by atoms with Crippen LogP contribution in [0.2, 0.25) is 0 Å². The van der Waals surface area contributed by atoms with Gasteiger partial charge in [0, 0.05) is 12.6 Å². The van der Waals surface area contributed by atoms with E-state index in [0.717, 1.165) is 17.7 Å². The molecule has 88 valence electrons. The van der Waals surface area contributed by atoms with E-state index in [4.69, 9.17) is 4.74 Å². The molecule has 0 bridgehead atoms. The zero-order valence-electron chi connectivity index (χ0n) is 9.88. The zero-order valence-corrected chi connectivity index (χ0v) is 9.88. The van der Waals surface area contributed by atoms with Crippen molar-refractivity contribution in [3.63, 3.8) is 0 Å². The maximum absolute atomic E-state index is 10.6. The second kappa shape index (κ2) is 4.82. The predicted octanol–water partition coefficient (Wildman–Crippen LogP) is 2.12. The van der Waals surface area contributed by atoms with Crippen LogP contribution >= 0.6 is 0 Å². The second-order valence-electron chi connectivity index (χ2n) is 3.88. The Hall–Kier alpha value is -2.10. The van der Waals surface area contributed by atoms with Crippen molar-refractivity contribution in [1.82, 2.24) is 9.78 Å². The molecule has 17 heavy (non-hydrogen) atoms. The van der Waals surface area contributed by atoms with Crippen molar-refractivity contribution >= 4 is 6.29 Å². The van der Waals surface area contributed by atoms with Crippen LogP contribution in [0.5, 0.6) is 5.75 Å². The minimum absolute atomic E-state index is 0.444. The molecule has 0 atom stereocenters. The Labute approximate surface area is 99.8 Å². The minimum Gasteiger partial charge on any atom is -0.487 e. The van der Waals surface area contributed by atoms with Crippen LogP contribution in [0, 0.1) is 6.92 Å². The lowest BCUT2D eigenvalue weighted by molar-refractivity contribution is 0.112. The van der Waals surface area contributed by atoms with Crippen LogP contribution in [0.1, 0.15) is 21.7 Å². The number of rotatable bonds is 4. The maximum Gasteiger partial charge on any atom is 0.150 e. The summed E-state index contributed by atoms with van der Waals surface area (Å²) in [6.07, 6.45) is 0.807. The number of hydrogen-bond acceptors (Lipinski definition) is 3. The minimum atomic E-state index is 0.444. The molecular weight excluding hydrogens is 216 g/mol. The van der Waals surface area contributed by atoms with E-state index in [-0.39, 0.29) is 0 Å². The van der Waals surface area contributed by atoms with Gasteiger partial charge in [-0.25, -0.2) is 0 Å². The van der Waals surface area contributed by atoms with Crippen molar-refractivity contribution in [2.75, 3.05) is 0 Å². The summed E-state index contributed by atoms with van der Waals surface area (Å²) in [5, 5.41) is 4.24. The summed E-state index contributed by atoms with van der Waals surface area (Å²) in [5.74, 6) is 0.688. The Balaban J connectivity index is 2.06. The quantitative estimate of drug-likeness (QED) is 0.756. The summed E-state index contributed by atoms with van der Waals surface area (Å²) in [6.45, 7) is 2.39. The van der Waals surface area contributed by atoms with Crippen LogP contribution in [-0.4, -0.2) is 16.1 Å². The fourth-order valence-corrected chi connectivity index (χ4v) is 1.63. The van der Waals surface area contributed by atoms with E-state index >= 15 is 0 Å². The van der Waals surface area contributed by atoms with Gasteiger partial charge in [-0.05, 0) is 25.1 Å². The molecular formula is C13H14N2O2. The number of carbonyl (C=O) groups is 1. The Morgan fingerprint density at radius 1 is 1.41 bits per heavy atom. The summed E-state index contributed by atoms with van der Waals surface area (Å²) < 4.78 is 7.40. The third-order valence-corrected chi connectivity index (χ3v) is 2.48. The average molecular weight is 230 g/mol. The molecule has 0 spiro atoms. The molecule has 0 unspecified atom stereocenters. The van der Waals surface area contributed by atoms with Crippen molar-refractivity contribution in [2.24, 2.45) is 7.05 Å². The second-order valence-corrected chi connectivity index (χ2v) is 3.88. The Kier molecular flexibility index (Phi) is 3.23. The van der Waals surface area contributed by atoms with Crippen molar-refractivity contribution in [3.05, 3.63) is 47.3 Å². The maximum atomic E-state index is 10.6. The first-order valence-corrected chi connectivity index (χ1v) is 5.36. The van der Waals surface area contributed by atoms with Gasteiger partial charge >= 0.3 is 0 Å². The molecule has 0 radical (unpaired) electrons. The number of aldehydes is 1. The Morgan fingerprint density at radius 2 is 2.24 bits per heavy atom. The van der Waals surface area contributed by atoms with Gasteiger partial charge in [0.15, 0.2) is 0 Å². The van der Waals surface area contributed by atoms with Gasteiger partial charge in [0.25, 0.3) is 0 Å². The molecule has 2 aromatic rings. The van der Waals surface area contributed by atoms with Crippen LogP contribution in [-0.2, 0) is 13.7 Å². The van der Waals surface area contributed by atoms with E-state index in [1.165, 1.54) is 0 Å². The number of nitrogens with zero attached hydrogens (tertiary/aromatic N) is 2. The predicted molar refractivity (Wildman–Crippen MR) is 64.1 cm³/mol. The standard InChI is InChI=1S/C13H14N2O2/c1-10-6-12(15(2)14-10)9-17-13-5-3-4-11(7-13)8-16/h3-8H,9H2,1-2H3. The lowest BCUT2D eigenvalue weighted by atomic mass is 10.2. The van der Waals surface area contributed by atoms with Gasteiger partial charge < -0.3 is 4.74 Å². The van der Waals surface area contributed by atoms with Gasteiger partial charge in [-0.2, -0.15) is 5.10 Å². The van der Waals surface area contributed by atoms with Crippen LogP contribution in [0.25, 0.3) is 0 Å². The fraction of sp³-hybridized carbons (Fsp3) is 0.231. The van der Waals surface area contributed by atoms with E-state index in [0.29, 0.717) is 17.9 Å². The highest BCUT2D eigenvalue weighted by atomic mass is 16.5. The summed E-state index contributed by atoms with van der Waals surface area (Å²) in [4.78, 5) is 10.6. The molecule has 4 heteroatoms. The van der Waals surface area contributed by atoms with Crippen LogP contribution < -0.4 is 4.74 Å². The van der Waals surface area contributed by atoms with E-state index in [1.807, 2.05) is 26.1 Å². The van der Waals surface area contributed by atoms with Crippen LogP contribution in [0.15, 0.2) is 30.3 Å². The molecule has 0 saturated carbocycles. The molecule has 1 aromatic carbocycles. The number of hydrogen-bond donors (Lipinski definition) is 0. The third kappa shape index (κ3) is 2.72. The summed E-state index contributed by atoms with van der Waals surface area (Å²) in [5.41, 5.74) is 2.58. The lowest BCUT2D eigenvalue weighted by Gasteiger charge is -2.06. The average Bonchev–Trinajstić information content (AvgIpc) is 2.65. The van der Waals surface area contributed by atoms with E-state index in [9.17, 15) is 4.79 Å². The van der Waals surface area contributed by atoms with E-state index in [1.54, 1.807) is 22.9 Å². The first-order valence-electron chi connectivity index (χ1n) is 5.36. The molecule has 1 aromatic heterocycles. The molecule has 0 aliphatic rings. The largest absolute Gasteiger partial charge is 0.487 e. The summed E-state index contributed by atoms with van der Waals surface area (Å²) in [6, 6.07) is 9.07. The first-order chi connectivity index (χ1) is 8.19. The Bertz CT molecular complexity index is 532. The van der Waals surface area contributed by atoms with E-state index in [2.05, 4.69) is 5.10 Å². The molecule has 2 rings (SSSR count). The monoisotopic (exact) mass is 230 g/mol. The normalized spacial score (nSPS) is 10.2. The fourth-order valence-electron chi connectivity index (χ4n) is 1.63. The van der Waals surface area contributed by atoms with Crippen molar-refractivity contribution in [2.45, 2.75) is 13.5 Å². The molecule has 0 saturated heterocycles. The number of aromatic nitrogens is 2. The molecule has 0 aliphatic carbocycles. The lowest BCUT2D eigenvalue weighted by Crippen LogP contribution is -2.03. The smallest absolute Gasteiger partial charge is 0.150 e. The van der Waals surface area contributed by atoms with Crippen LogP contribution in [0.4, 0.5) is 0 Å². The summed E-state index contributed by atoms with van der Waals surface area (Å²) >= 11 is 0.